The summed E-state index contributed by atoms with van der Waals surface area (Å²) in [5.74, 6) is 2.25. The quantitative estimate of drug-likeness (QED) is 0.556. The first-order valence-electron chi connectivity index (χ1n) is 8.47. The van der Waals surface area contributed by atoms with Gasteiger partial charge in [-0.05, 0) is 36.4 Å². The molecule has 138 valence electrons. The fourth-order valence-electron chi connectivity index (χ4n) is 2.80. The van der Waals surface area contributed by atoms with Crippen LogP contribution in [0.2, 0.25) is 10.0 Å². The number of halogens is 2. The zero-order chi connectivity index (χ0) is 18.6. The lowest BCUT2D eigenvalue weighted by atomic mass is 10.2. The van der Waals surface area contributed by atoms with E-state index in [0.29, 0.717) is 23.2 Å². The van der Waals surface area contributed by atoms with Crippen LogP contribution in [0.4, 0.5) is 5.69 Å². The first-order valence-corrected chi connectivity index (χ1v) is 9.23. The molecule has 0 aromatic heterocycles. The summed E-state index contributed by atoms with van der Waals surface area (Å²) in [4.78, 5) is 0. The Balaban J connectivity index is 1.47. The van der Waals surface area contributed by atoms with Crippen molar-refractivity contribution in [1.82, 2.24) is 0 Å². The van der Waals surface area contributed by atoms with Crippen molar-refractivity contribution >= 4 is 28.9 Å². The molecule has 3 aromatic carbocycles. The second kappa shape index (κ2) is 7.99. The number of ether oxygens (including phenoxy) is 3. The van der Waals surface area contributed by atoms with Gasteiger partial charge >= 0.3 is 0 Å². The molecule has 0 radical (unpaired) electrons. The van der Waals surface area contributed by atoms with E-state index in [9.17, 15) is 0 Å². The highest BCUT2D eigenvalue weighted by Crippen LogP contribution is 2.34. The average molecular weight is 402 g/mol. The molecule has 4 rings (SSSR count). The third-order valence-electron chi connectivity index (χ3n) is 4.22. The maximum atomic E-state index is 6.21. The second-order valence-electron chi connectivity index (χ2n) is 6.05. The van der Waals surface area contributed by atoms with E-state index >= 15 is 0 Å². The SMILES string of the molecule is Clc1ccc(OCc2ccccc2Cl)c(CNc2ccc3c(c2)OCO3)c1. The molecule has 1 aliphatic heterocycles. The molecule has 0 unspecified atom stereocenters. The number of fused-ring (bicyclic) bond motifs is 1. The van der Waals surface area contributed by atoms with Crippen LogP contribution in [0.3, 0.4) is 0 Å². The molecule has 6 heteroatoms. The number of rotatable bonds is 6. The fraction of sp³-hybridized carbons (Fsp3) is 0.143. The predicted molar refractivity (Wildman–Crippen MR) is 107 cm³/mol. The Hall–Kier alpha value is -2.56. The normalized spacial score (nSPS) is 12.1. The van der Waals surface area contributed by atoms with Crippen LogP contribution in [0.15, 0.2) is 60.7 Å². The van der Waals surface area contributed by atoms with E-state index in [4.69, 9.17) is 37.4 Å². The van der Waals surface area contributed by atoms with E-state index in [1.165, 1.54) is 0 Å². The van der Waals surface area contributed by atoms with Crippen LogP contribution in [0.5, 0.6) is 17.2 Å². The third-order valence-corrected chi connectivity index (χ3v) is 4.82. The van der Waals surface area contributed by atoms with Crippen LogP contribution in [0, 0.1) is 0 Å². The molecule has 4 nitrogen and oxygen atoms in total. The van der Waals surface area contributed by atoms with E-state index < -0.39 is 0 Å². The molecule has 0 spiro atoms. The smallest absolute Gasteiger partial charge is 0.231 e. The molecule has 1 heterocycles. The van der Waals surface area contributed by atoms with Crippen molar-refractivity contribution in [1.29, 1.82) is 0 Å². The highest BCUT2D eigenvalue weighted by molar-refractivity contribution is 6.31. The lowest BCUT2D eigenvalue weighted by Gasteiger charge is -2.14. The van der Waals surface area contributed by atoms with E-state index in [-0.39, 0.29) is 6.79 Å². The summed E-state index contributed by atoms with van der Waals surface area (Å²) in [5, 5.41) is 4.71. The van der Waals surface area contributed by atoms with Gasteiger partial charge in [0.2, 0.25) is 6.79 Å². The van der Waals surface area contributed by atoms with Gasteiger partial charge in [-0.1, -0.05) is 41.4 Å². The van der Waals surface area contributed by atoms with Gasteiger partial charge in [-0.25, -0.2) is 0 Å². The molecule has 0 saturated carbocycles. The highest BCUT2D eigenvalue weighted by atomic mass is 35.5. The first kappa shape index (κ1) is 17.8. The van der Waals surface area contributed by atoms with Gasteiger partial charge in [0.25, 0.3) is 0 Å². The Kier molecular flexibility index (Phi) is 5.28. The molecule has 1 N–H and O–H groups in total. The molecule has 0 amide bonds. The minimum absolute atomic E-state index is 0.257. The number of nitrogens with one attached hydrogen (secondary N) is 1. The summed E-state index contributed by atoms with van der Waals surface area (Å²) in [6, 6.07) is 19.0. The van der Waals surface area contributed by atoms with Gasteiger partial charge in [-0.3, -0.25) is 0 Å². The Morgan fingerprint density at radius 2 is 1.74 bits per heavy atom. The molecule has 1 aliphatic rings. The van der Waals surface area contributed by atoms with Crippen molar-refractivity contribution < 1.29 is 14.2 Å². The molecule has 0 bridgehead atoms. The molecule has 0 fully saturated rings. The van der Waals surface area contributed by atoms with Crippen molar-refractivity contribution in [2.45, 2.75) is 13.2 Å². The van der Waals surface area contributed by atoms with E-state index in [1.54, 1.807) is 0 Å². The molecule has 0 atom stereocenters. The van der Waals surface area contributed by atoms with E-state index in [0.717, 1.165) is 34.1 Å². The van der Waals surface area contributed by atoms with Gasteiger partial charge in [0, 0.05) is 39.5 Å². The second-order valence-corrected chi connectivity index (χ2v) is 6.90. The number of hydrogen-bond acceptors (Lipinski definition) is 4. The van der Waals surface area contributed by atoms with Crippen molar-refractivity contribution in [3.63, 3.8) is 0 Å². The number of benzene rings is 3. The summed E-state index contributed by atoms with van der Waals surface area (Å²) >= 11 is 12.4. The van der Waals surface area contributed by atoms with Crippen molar-refractivity contribution in [3.05, 3.63) is 81.8 Å². The molecular weight excluding hydrogens is 385 g/mol. The van der Waals surface area contributed by atoms with Crippen LogP contribution < -0.4 is 19.5 Å². The summed E-state index contributed by atoms with van der Waals surface area (Å²) in [6.07, 6.45) is 0. The summed E-state index contributed by atoms with van der Waals surface area (Å²) in [6.45, 7) is 1.20. The van der Waals surface area contributed by atoms with Gasteiger partial charge in [0.15, 0.2) is 11.5 Å². The molecule has 0 aliphatic carbocycles. The number of hydrogen-bond donors (Lipinski definition) is 1. The average Bonchev–Trinajstić information content (AvgIpc) is 3.14. The van der Waals surface area contributed by atoms with Gasteiger partial charge in [-0.2, -0.15) is 0 Å². The topological polar surface area (TPSA) is 39.7 Å². The predicted octanol–water partition coefficient (Wildman–Crippen LogP) is 5.91. The third kappa shape index (κ3) is 4.24. The number of anilines is 1. The first-order chi connectivity index (χ1) is 13.2. The lowest BCUT2D eigenvalue weighted by Crippen LogP contribution is -2.04. The highest BCUT2D eigenvalue weighted by Gasteiger charge is 2.13. The summed E-state index contributed by atoms with van der Waals surface area (Å²) in [7, 11) is 0. The van der Waals surface area contributed by atoms with Crippen LogP contribution in [-0.4, -0.2) is 6.79 Å². The zero-order valence-corrected chi connectivity index (χ0v) is 15.9. The fourth-order valence-corrected chi connectivity index (χ4v) is 3.19. The lowest BCUT2D eigenvalue weighted by molar-refractivity contribution is 0.174. The monoisotopic (exact) mass is 401 g/mol. The molecular formula is C21H17Cl2NO3. The largest absolute Gasteiger partial charge is 0.488 e. The Bertz CT molecular complexity index is 962. The van der Waals surface area contributed by atoms with Crippen LogP contribution >= 0.6 is 23.2 Å². The van der Waals surface area contributed by atoms with Gasteiger partial charge in [0.05, 0.1) is 0 Å². The maximum Gasteiger partial charge on any atom is 0.231 e. The van der Waals surface area contributed by atoms with Crippen molar-refractivity contribution in [2.75, 3.05) is 12.1 Å². The van der Waals surface area contributed by atoms with Crippen molar-refractivity contribution in [3.8, 4) is 17.2 Å². The van der Waals surface area contributed by atoms with E-state index in [2.05, 4.69) is 5.32 Å². The minimum Gasteiger partial charge on any atom is -0.488 e. The van der Waals surface area contributed by atoms with Crippen LogP contribution in [0.25, 0.3) is 0 Å². The Morgan fingerprint density at radius 3 is 2.63 bits per heavy atom. The summed E-state index contributed by atoms with van der Waals surface area (Å²) < 4.78 is 16.7. The molecule has 0 saturated heterocycles. The Morgan fingerprint density at radius 1 is 0.889 bits per heavy atom. The van der Waals surface area contributed by atoms with Gasteiger partial charge in [0.1, 0.15) is 12.4 Å². The Labute approximate surface area is 167 Å². The van der Waals surface area contributed by atoms with Gasteiger partial charge < -0.3 is 19.5 Å². The maximum absolute atomic E-state index is 6.21. The van der Waals surface area contributed by atoms with Gasteiger partial charge in [-0.15, -0.1) is 0 Å². The summed E-state index contributed by atoms with van der Waals surface area (Å²) in [5.41, 5.74) is 2.81. The van der Waals surface area contributed by atoms with Crippen LogP contribution in [-0.2, 0) is 13.2 Å². The molecule has 27 heavy (non-hydrogen) atoms. The molecule has 3 aromatic rings. The standard InChI is InChI=1S/C21H17Cl2NO3/c22-16-5-7-19(25-12-14-3-1-2-4-18(14)23)15(9-16)11-24-17-6-8-20-21(10-17)27-13-26-20/h1-10,24H,11-13H2. The minimum atomic E-state index is 0.257. The van der Waals surface area contributed by atoms with Crippen molar-refractivity contribution in [2.24, 2.45) is 0 Å². The van der Waals surface area contributed by atoms with Crippen LogP contribution in [0.1, 0.15) is 11.1 Å². The zero-order valence-electron chi connectivity index (χ0n) is 14.4. The van der Waals surface area contributed by atoms with E-state index in [1.807, 2.05) is 60.7 Å².